The minimum Gasteiger partial charge on any atom is -0.374 e. The number of rotatable bonds is 4. The third-order valence-corrected chi connectivity index (χ3v) is 4.45. The van der Waals surface area contributed by atoms with Gasteiger partial charge >= 0.3 is 0 Å². The molecule has 0 fully saturated rings. The smallest absolute Gasteiger partial charge is 0.125 e. The van der Waals surface area contributed by atoms with Crippen LogP contribution in [0.15, 0.2) is 23.1 Å². The number of ether oxygens (including phenoxy) is 1. The molecule has 0 aromatic heterocycles. The molecule has 1 atom stereocenters. The maximum Gasteiger partial charge on any atom is 0.125 e. The van der Waals surface area contributed by atoms with E-state index in [0.29, 0.717) is 0 Å². The molecule has 1 rings (SSSR count). The number of benzene rings is 1. The van der Waals surface area contributed by atoms with Crippen LogP contribution < -0.4 is 4.72 Å². The van der Waals surface area contributed by atoms with Crippen LogP contribution in [0, 0.1) is 6.92 Å². The van der Waals surface area contributed by atoms with Crippen molar-refractivity contribution in [2.24, 2.45) is 0 Å². The Morgan fingerprint density at radius 1 is 1.10 bits per heavy atom. The summed E-state index contributed by atoms with van der Waals surface area (Å²) in [5.41, 5.74) is 1.43. The highest BCUT2D eigenvalue weighted by atomic mass is 32.2. The van der Waals surface area contributed by atoms with Crippen LogP contribution in [0.4, 0.5) is 0 Å². The van der Waals surface area contributed by atoms with Gasteiger partial charge in [-0.2, -0.15) is 0 Å². The number of aryl methyl sites for hydroxylation is 1. The van der Waals surface area contributed by atoms with E-state index in [4.69, 9.17) is 4.74 Å². The molecule has 4 heteroatoms. The molecule has 0 amide bonds. The van der Waals surface area contributed by atoms with Gasteiger partial charge in [-0.3, -0.25) is 0 Å². The second kappa shape index (κ2) is 8.06. The summed E-state index contributed by atoms with van der Waals surface area (Å²) < 4.78 is 21.1. The van der Waals surface area contributed by atoms with E-state index in [1.54, 1.807) is 7.11 Å². The standard InChI is InChI=1S/C15H25NO2S.C2H6/c1-11-8-9-13(19(17)16-14(2,3)4)12(10-11)15(5,6)18-7;1-2/h8-10,16H,1-7H3;1-2H3. The van der Waals surface area contributed by atoms with Crippen molar-refractivity contribution in [1.29, 1.82) is 0 Å². The van der Waals surface area contributed by atoms with Crippen molar-refractivity contribution >= 4 is 11.0 Å². The zero-order valence-electron chi connectivity index (χ0n) is 15.0. The van der Waals surface area contributed by atoms with Gasteiger partial charge in [-0.25, -0.2) is 8.93 Å². The summed E-state index contributed by atoms with van der Waals surface area (Å²) in [6, 6.07) is 5.94. The van der Waals surface area contributed by atoms with Crippen molar-refractivity contribution in [3.63, 3.8) is 0 Å². The van der Waals surface area contributed by atoms with E-state index in [1.165, 1.54) is 0 Å². The van der Waals surface area contributed by atoms with Crippen molar-refractivity contribution in [1.82, 2.24) is 4.72 Å². The van der Waals surface area contributed by atoms with Crippen molar-refractivity contribution in [2.75, 3.05) is 7.11 Å². The monoisotopic (exact) mass is 313 g/mol. The van der Waals surface area contributed by atoms with Gasteiger partial charge in [-0.15, -0.1) is 0 Å². The fourth-order valence-electron chi connectivity index (χ4n) is 1.72. The summed E-state index contributed by atoms with van der Waals surface area (Å²) in [6.45, 7) is 16.0. The van der Waals surface area contributed by atoms with E-state index in [1.807, 2.05) is 73.6 Å². The van der Waals surface area contributed by atoms with Gasteiger partial charge in [-0.05, 0) is 47.6 Å². The molecule has 1 N–H and O–H groups in total. The highest BCUT2D eigenvalue weighted by Gasteiger charge is 2.26. The molecule has 1 aromatic carbocycles. The van der Waals surface area contributed by atoms with Crippen LogP contribution >= 0.6 is 0 Å². The molecular weight excluding hydrogens is 282 g/mol. The lowest BCUT2D eigenvalue weighted by Crippen LogP contribution is -2.38. The molecule has 3 nitrogen and oxygen atoms in total. The van der Waals surface area contributed by atoms with Gasteiger partial charge in [0, 0.05) is 18.2 Å². The molecule has 1 aromatic rings. The average molecular weight is 314 g/mol. The second-order valence-electron chi connectivity index (χ2n) is 6.33. The summed E-state index contributed by atoms with van der Waals surface area (Å²) in [5.74, 6) is 0. The highest BCUT2D eigenvalue weighted by Crippen LogP contribution is 2.30. The van der Waals surface area contributed by atoms with Gasteiger partial charge in [0.15, 0.2) is 0 Å². The lowest BCUT2D eigenvalue weighted by Gasteiger charge is -2.28. The average Bonchev–Trinajstić information content (AvgIpc) is 2.38. The van der Waals surface area contributed by atoms with Crippen LogP contribution in [-0.2, 0) is 21.3 Å². The van der Waals surface area contributed by atoms with E-state index in [0.717, 1.165) is 16.0 Å². The zero-order chi connectivity index (χ0) is 16.8. The first-order valence-electron chi connectivity index (χ1n) is 7.43. The van der Waals surface area contributed by atoms with E-state index < -0.39 is 16.6 Å². The molecule has 0 aliphatic rings. The van der Waals surface area contributed by atoms with Gasteiger partial charge in [0.1, 0.15) is 11.0 Å². The predicted molar refractivity (Wildman–Crippen MR) is 91.9 cm³/mol. The first-order valence-corrected chi connectivity index (χ1v) is 8.58. The van der Waals surface area contributed by atoms with Gasteiger partial charge in [-0.1, -0.05) is 31.5 Å². The van der Waals surface area contributed by atoms with Crippen molar-refractivity contribution in [2.45, 2.75) is 71.4 Å². The van der Waals surface area contributed by atoms with E-state index in [9.17, 15) is 4.21 Å². The zero-order valence-corrected chi connectivity index (χ0v) is 15.8. The van der Waals surface area contributed by atoms with Gasteiger partial charge < -0.3 is 4.74 Å². The van der Waals surface area contributed by atoms with Gasteiger partial charge in [0.25, 0.3) is 0 Å². The number of methoxy groups -OCH3 is 1. The Morgan fingerprint density at radius 3 is 2.05 bits per heavy atom. The normalized spacial score (nSPS) is 13.4. The predicted octanol–water partition coefficient (Wildman–Crippen LogP) is 4.31. The lowest BCUT2D eigenvalue weighted by atomic mass is 9.96. The molecule has 0 heterocycles. The molecule has 0 aliphatic carbocycles. The van der Waals surface area contributed by atoms with E-state index in [2.05, 4.69) is 4.72 Å². The first-order chi connectivity index (χ1) is 9.57. The van der Waals surface area contributed by atoms with Gasteiger partial charge in [0.2, 0.25) is 0 Å². The SMILES string of the molecule is CC.COC(C)(C)c1cc(C)ccc1S(=O)NC(C)(C)C. The Labute approximate surface area is 133 Å². The number of hydrogen-bond acceptors (Lipinski definition) is 2. The molecule has 0 saturated heterocycles. The summed E-state index contributed by atoms with van der Waals surface area (Å²) in [5, 5.41) is 0. The van der Waals surface area contributed by atoms with Crippen LogP contribution in [0.1, 0.15) is 59.6 Å². The fraction of sp³-hybridized carbons (Fsp3) is 0.647. The minimum absolute atomic E-state index is 0.204. The molecule has 21 heavy (non-hydrogen) atoms. The van der Waals surface area contributed by atoms with Crippen LogP contribution in [0.25, 0.3) is 0 Å². The van der Waals surface area contributed by atoms with Crippen LogP contribution in [0.2, 0.25) is 0 Å². The Hall–Kier alpha value is -0.710. The van der Waals surface area contributed by atoms with Crippen LogP contribution in [0.3, 0.4) is 0 Å². The quantitative estimate of drug-likeness (QED) is 0.899. The van der Waals surface area contributed by atoms with Crippen molar-refractivity contribution in [3.05, 3.63) is 29.3 Å². The van der Waals surface area contributed by atoms with Crippen molar-refractivity contribution < 1.29 is 8.95 Å². The highest BCUT2D eigenvalue weighted by molar-refractivity contribution is 7.83. The third-order valence-electron chi connectivity index (χ3n) is 2.89. The first kappa shape index (κ1) is 20.3. The number of hydrogen-bond donors (Lipinski definition) is 1. The van der Waals surface area contributed by atoms with Crippen LogP contribution in [-0.4, -0.2) is 16.9 Å². The third kappa shape index (κ3) is 6.29. The molecule has 122 valence electrons. The molecule has 1 unspecified atom stereocenters. The summed E-state index contributed by atoms with van der Waals surface area (Å²) in [4.78, 5) is 0.785. The topological polar surface area (TPSA) is 38.3 Å². The van der Waals surface area contributed by atoms with Crippen molar-refractivity contribution in [3.8, 4) is 0 Å². The van der Waals surface area contributed by atoms with E-state index in [-0.39, 0.29) is 5.54 Å². The Morgan fingerprint density at radius 2 is 1.62 bits per heavy atom. The summed E-state index contributed by atoms with van der Waals surface area (Å²) in [6.07, 6.45) is 0. The Bertz CT molecular complexity index is 476. The lowest BCUT2D eigenvalue weighted by molar-refractivity contribution is 0.0168. The molecule has 0 saturated carbocycles. The summed E-state index contributed by atoms with van der Waals surface area (Å²) >= 11 is 0. The fourth-order valence-corrected chi connectivity index (χ4v) is 3.08. The maximum atomic E-state index is 12.5. The molecule has 0 bridgehead atoms. The molecular formula is C17H31NO2S. The Kier molecular flexibility index (Phi) is 7.79. The summed E-state index contributed by atoms with van der Waals surface area (Å²) in [7, 11) is 0.422. The molecule has 0 radical (unpaired) electrons. The van der Waals surface area contributed by atoms with E-state index >= 15 is 0 Å². The molecule has 0 spiro atoms. The molecule has 0 aliphatic heterocycles. The van der Waals surface area contributed by atoms with Gasteiger partial charge in [0.05, 0.1) is 10.5 Å². The largest absolute Gasteiger partial charge is 0.374 e. The number of nitrogens with one attached hydrogen (secondary N) is 1. The minimum atomic E-state index is -1.25. The second-order valence-corrected chi connectivity index (χ2v) is 7.52. The Balaban J connectivity index is 0.00000191. The van der Waals surface area contributed by atoms with Crippen LogP contribution in [0.5, 0.6) is 0 Å². The maximum absolute atomic E-state index is 12.5.